The number of nitrogens with zero attached hydrogens (tertiary/aromatic N) is 1. The van der Waals surface area contributed by atoms with Gasteiger partial charge in [-0.15, -0.1) is 0 Å². The van der Waals surface area contributed by atoms with Crippen molar-refractivity contribution in [3.8, 4) is 0 Å². The van der Waals surface area contributed by atoms with Crippen LogP contribution >= 0.6 is 0 Å². The number of sulfonamides is 1. The van der Waals surface area contributed by atoms with Crippen molar-refractivity contribution < 1.29 is 31.5 Å². The van der Waals surface area contributed by atoms with Crippen LogP contribution in [0.15, 0.2) is 47.4 Å². The Balaban J connectivity index is 2.06. The van der Waals surface area contributed by atoms with Crippen molar-refractivity contribution >= 4 is 21.8 Å². The second kappa shape index (κ2) is 7.71. The van der Waals surface area contributed by atoms with Crippen LogP contribution in [0.1, 0.15) is 20.7 Å². The number of halogens is 2. The van der Waals surface area contributed by atoms with E-state index in [2.05, 4.69) is 0 Å². The monoisotopic (exact) mass is 383 g/mol. The van der Waals surface area contributed by atoms with Crippen molar-refractivity contribution in [1.82, 2.24) is 4.31 Å². The molecule has 0 unspecified atom stereocenters. The summed E-state index contributed by atoms with van der Waals surface area (Å²) in [6.07, 6.45) is 0. The summed E-state index contributed by atoms with van der Waals surface area (Å²) in [5.74, 6) is -3.52. The Bertz CT molecular complexity index is 940. The van der Waals surface area contributed by atoms with Crippen LogP contribution < -0.4 is 0 Å². The van der Waals surface area contributed by atoms with E-state index in [0.717, 1.165) is 16.4 Å². The number of esters is 1. The molecule has 0 saturated heterocycles. The van der Waals surface area contributed by atoms with Crippen LogP contribution in [-0.4, -0.2) is 45.2 Å². The fourth-order valence-electron chi connectivity index (χ4n) is 1.98. The number of benzene rings is 2. The van der Waals surface area contributed by atoms with E-state index in [1.807, 2.05) is 0 Å². The van der Waals surface area contributed by atoms with Crippen LogP contribution in [0.4, 0.5) is 8.78 Å². The molecule has 0 radical (unpaired) electrons. The van der Waals surface area contributed by atoms with Gasteiger partial charge in [-0.1, -0.05) is 0 Å². The second-order valence-electron chi connectivity index (χ2n) is 5.44. The van der Waals surface area contributed by atoms with Crippen LogP contribution in [0.3, 0.4) is 0 Å². The van der Waals surface area contributed by atoms with Crippen LogP contribution in [0.2, 0.25) is 0 Å². The summed E-state index contributed by atoms with van der Waals surface area (Å²) in [4.78, 5) is 23.8. The van der Waals surface area contributed by atoms with Crippen LogP contribution in [0, 0.1) is 11.6 Å². The Kier molecular flexibility index (Phi) is 5.83. The van der Waals surface area contributed by atoms with Crippen molar-refractivity contribution in [2.45, 2.75) is 4.90 Å². The maximum atomic E-state index is 13.5. The Morgan fingerprint density at radius 3 is 2.23 bits per heavy atom. The second-order valence-corrected chi connectivity index (χ2v) is 7.59. The number of ether oxygens (including phenoxy) is 1. The molecule has 2 rings (SSSR count). The lowest BCUT2D eigenvalue weighted by molar-refractivity contribution is 0.0473. The molecular formula is C17H15F2NO5S. The van der Waals surface area contributed by atoms with E-state index in [4.69, 9.17) is 4.74 Å². The molecule has 0 bridgehead atoms. The summed E-state index contributed by atoms with van der Waals surface area (Å²) in [6, 6.07) is 7.28. The number of hydrogen-bond donors (Lipinski definition) is 0. The third kappa shape index (κ3) is 4.30. The van der Waals surface area contributed by atoms with E-state index >= 15 is 0 Å². The molecule has 2 aromatic carbocycles. The van der Waals surface area contributed by atoms with Gasteiger partial charge in [-0.3, -0.25) is 4.79 Å². The molecule has 0 aliphatic rings. The van der Waals surface area contributed by atoms with E-state index in [1.165, 1.54) is 38.4 Å². The lowest BCUT2D eigenvalue weighted by atomic mass is 10.1. The van der Waals surface area contributed by atoms with Gasteiger partial charge in [0.1, 0.15) is 11.6 Å². The van der Waals surface area contributed by atoms with Gasteiger partial charge in [0.25, 0.3) is 0 Å². The van der Waals surface area contributed by atoms with Crippen molar-refractivity contribution in [1.29, 1.82) is 0 Å². The van der Waals surface area contributed by atoms with E-state index in [9.17, 15) is 26.8 Å². The lowest BCUT2D eigenvalue weighted by Gasteiger charge is -2.11. The summed E-state index contributed by atoms with van der Waals surface area (Å²) in [5.41, 5.74) is -0.513. The summed E-state index contributed by atoms with van der Waals surface area (Å²) < 4.78 is 56.3. The molecule has 2 aromatic rings. The zero-order valence-corrected chi connectivity index (χ0v) is 14.7. The highest BCUT2D eigenvalue weighted by Crippen LogP contribution is 2.15. The third-order valence-corrected chi connectivity index (χ3v) is 5.26. The van der Waals surface area contributed by atoms with Gasteiger partial charge in [-0.05, 0) is 42.5 Å². The molecule has 138 valence electrons. The summed E-state index contributed by atoms with van der Waals surface area (Å²) in [6.45, 7) is -0.781. The SMILES string of the molecule is CN(C)S(=O)(=O)c1ccc(C(=O)OCC(=O)c2cc(F)ccc2F)cc1. The van der Waals surface area contributed by atoms with Gasteiger partial charge in [-0.2, -0.15) is 0 Å². The average Bonchev–Trinajstić information content (AvgIpc) is 2.61. The topological polar surface area (TPSA) is 80.8 Å². The summed E-state index contributed by atoms with van der Waals surface area (Å²) in [5, 5.41) is 0. The van der Waals surface area contributed by atoms with Gasteiger partial charge < -0.3 is 4.74 Å². The molecule has 0 N–H and O–H groups in total. The highest BCUT2D eigenvalue weighted by molar-refractivity contribution is 7.89. The maximum Gasteiger partial charge on any atom is 0.338 e. The molecule has 9 heteroatoms. The number of carbonyl (C=O) groups is 2. The van der Waals surface area contributed by atoms with Gasteiger partial charge in [-0.25, -0.2) is 26.3 Å². The zero-order valence-electron chi connectivity index (χ0n) is 13.9. The highest BCUT2D eigenvalue weighted by Gasteiger charge is 2.19. The molecule has 0 amide bonds. The first kappa shape index (κ1) is 19.7. The zero-order chi connectivity index (χ0) is 19.5. The molecule has 0 aromatic heterocycles. The molecule has 0 atom stereocenters. The molecule has 6 nitrogen and oxygen atoms in total. The van der Waals surface area contributed by atoms with E-state index in [0.29, 0.717) is 6.07 Å². The molecular weight excluding hydrogens is 368 g/mol. The van der Waals surface area contributed by atoms with Gasteiger partial charge in [0.2, 0.25) is 15.8 Å². The molecule has 0 aliphatic heterocycles. The first-order valence-electron chi connectivity index (χ1n) is 7.31. The standard InChI is InChI=1S/C17H15F2NO5S/c1-20(2)26(23,24)13-6-3-11(4-7-13)17(22)25-10-16(21)14-9-12(18)5-8-15(14)19/h3-9H,10H2,1-2H3. The van der Waals surface area contributed by atoms with Crippen molar-refractivity contribution in [2.24, 2.45) is 0 Å². The maximum absolute atomic E-state index is 13.5. The minimum atomic E-state index is -3.64. The Labute approximate surface area is 149 Å². The smallest absolute Gasteiger partial charge is 0.338 e. The Hall–Kier alpha value is -2.65. The van der Waals surface area contributed by atoms with Crippen molar-refractivity contribution in [3.63, 3.8) is 0 Å². The number of Topliss-reactive ketones (excluding diaryl/α,β-unsaturated/α-hetero) is 1. The lowest BCUT2D eigenvalue weighted by Crippen LogP contribution is -2.22. The van der Waals surface area contributed by atoms with Gasteiger partial charge >= 0.3 is 5.97 Å². The Morgan fingerprint density at radius 2 is 1.65 bits per heavy atom. The number of carbonyl (C=O) groups excluding carboxylic acids is 2. The van der Waals surface area contributed by atoms with E-state index in [-0.39, 0.29) is 10.5 Å². The molecule has 0 fully saturated rings. The fraction of sp³-hybridized carbons (Fsp3) is 0.176. The van der Waals surface area contributed by atoms with Crippen molar-refractivity contribution in [3.05, 3.63) is 65.2 Å². The first-order chi connectivity index (χ1) is 12.1. The van der Waals surface area contributed by atoms with Crippen LogP contribution in [0.5, 0.6) is 0 Å². The van der Waals surface area contributed by atoms with Gasteiger partial charge in [0.05, 0.1) is 16.0 Å². The van der Waals surface area contributed by atoms with E-state index in [1.54, 1.807) is 0 Å². The number of ketones is 1. The summed E-state index contributed by atoms with van der Waals surface area (Å²) in [7, 11) is -0.901. The molecule has 0 saturated carbocycles. The normalized spacial score (nSPS) is 11.4. The minimum Gasteiger partial charge on any atom is -0.454 e. The highest BCUT2D eigenvalue weighted by atomic mass is 32.2. The predicted molar refractivity (Wildman–Crippen MR) is 88.3 cm³/mol. The summed E-state index contributed by atoms with van der Waals surface area (Å²) >= 11 is 0. The first-order valence-corrected chi connectivity index (χ1v) is 8.75. The Morgan fingerprint density at radius 1 is 1.04 bits per heavy atom. The van der Waals surface area contributed by atoms with Gasteiger partial charge in [0.15, 0.2) is 6.61 Å². The van der Waals surface area contributed by atoms with Gasteiger partial charge in [0, 0.05) is 14.1 Å². The minimum absolute atomic E-state index is 0.00946. The molecule has 26 heavy (non-hydrogen) atoms. The largest absolute Gasteiger partial charge is 0.454 e. The number of rotatable bonds is 6. The average molecular weight is 383 g/mol. The number of hydrogen-bond acceptors (Lipinski definition) is 5. The quantitative estimate of drug-likeness (QED) is 0.565. The third-order valence-electron chi connectivity index (χ3n) is 3.43. The van der Waals surface area contributed by atoms with Crippen LogP contribution in [-0.2, 0) is 14.8 Å². The fourth-order valence-corrected chi connectivity index (χ4v) is 2.88. The molecule has 0 heterocycles. The van der Waals surface area contributed by atoms with E-state index < -0.39 is 45.6 Å². The predicted octanol–water partition coefficient (Wildman–Crippen LogP) is 2.25. The molecule has 0 spiro atoms. The molecule has 0 aliphatic carbocycles. The van der Waals surface area contributed by atoms with Crippen molar-refractivity contribution in [2.75, 3.05) is 20.7 Å². The van der Waals surface area contributed by atoms with Crippen LogP contribution in [0.25, 0.3) is 0 Å².